The Morgan fingerprint density at radius 1 is 1.00 bits per heavy atom. The van der Waals surface area contributed by atoms with Gasteiger partial charge in [-0.2, -0.15) is 12.7 Å². The van der Waals surface area contributed by atoms with E-state index in [2.05, 4.69) is 40.5 Å². The molecule has 5 rings (SSSR count). The highest BCUT2D eigenvalue weighted by Gasteiger charge is 2.28. The van der Waals surface area contributed by atoms with Gasteiger partial charge in [0.05, 0.1) is 17.5 Å². The molecule has 0 atom stereocenters. The first-order chi connectivity index (χ1) is 20.4. The Morgan fingerprint density at radius 3 is 2.23 bits per heavy atom. The molecular formula is C31H45N7O4S. The van der Waals surface area contributed by atoms with Crippen LogP contribution < -0.4 is 14.4 Å². The van der Waals surface area contributed by atoms with Gasteiger partial charge in [0, 0.05) is 57.6 Å². The van der Waals surface area contributed by atoms with Crippen LogP contribution >= 0.6 is 0 Å². The highest BCUT2D eigenvalue weighted by molar-refractivity contribution is 7.87. The first-order valence-electron chi connectivity index (χ1n) is 15.4. The Kier molecular flexibility index (Phi) is 9.29. The fourth-order valence-electron chi connectivity index (χ4n) is 5.94. The molecule has 2 fully saturated rings. The molecule has 1 aliphatic carbocycles. The fraction of sp³-hybridized carbons (Fsp3) is 0.581. The van der Waals surface area contributed by atoms with Crippen molar-refractivity contribution in [2.45, 2.75) is 78.0 Å². The highest BCUT2D eigenvalue weighted by Crippen LogP contribution is 2.39. The minimum absolute atomic E-state index is 0.00913. The molecule has 43 heavy (non-hydrogen) atoms. The lowest BCUT2D eigenvalue weighted by Crippen LogP contribution is -2.48. The van der Waals surface area contributed by atoms with E-state index in [4.69, 9.17) is 14.8 Å². The van der Waals surface area contributed by atoms with Gasteiger partial charge in [-0.25, -0.2) is 14.4 Å². The largest absolute Gasteiger partial charge is 0.473 e. The van der Waals surface area contributed by atoms with Gasteiger partial charge in [0.25, 0.3) is 5.91 Å². The smallest absolute Gasteiger partial charge is 0.303 e. The number of hydrogen-bond acceptors (Lipinski definition) is 8. The van der Waals surface area contributed by atoms with E-state index in [1.807, 2.05) is 30.7 Å². The molecule has 2 aliphatic rings. The average Bonchev–Trinajstić information content (AvgIpc) is 3.34. The number of amides is 1. The summed E-state index contributed by atoms with van der Waals surface area (Å²) in [5.41, 5.74) is 3.28. The molecule has 1 N–H and O–H groups in total. The van der Waals surface area contributed by atoms with Crippen molar-refractivity contribution in [3.8, 4) is 17.0 Å². The molecule has 1 amide bonds. The van der Waals surface area contributed by atoms with Crippen LogP contribution in [-0.4, -0.2) is 90.7 Å². The molecule has 1 aromatic carbocycles. The molecule has 0 bridgehead atoms. The third-order valence-corrected chi connectivity index (χ3v) is 9.83. The molecule has 3 heterocycles. The molecule has 2 aromatic heterocycles. The molecular weight excluding hydrogens is 566 g/mol. The summed E-state index contributed by atoms with van der Waals surface area (Å²) in [7, 11) is -1.27. The summed E-state index contributed by atoms with van der Waals surface area (Å²) in [6.07, 6.45) is 5.16. The maximum Gasteiger partial charge on any atom is 0.303 e. The SMILES string of the molecule is CC(C)Oc1nn(C2CCCCC2)c2nc(C(=O)NS(=O)(=O)N(C)C)cc(-c3ccc(N4CCN(C(C)C)CC4)cc3)c12. The second kappa shape index (κ2) is 12.8. The van der Waals surface area contributed by atoms with E-state index in [9.17, 15) is 13.2 Å². The number of carbonyl (C=O) groups excluding carboxylic acids is 1. The molecule has 0 radical (unpaired) electrons. The van der Waals surface area contributed by atoms with Crippen molar-refractivity contribution in [3.63, 3.8) is 0 Å². The second-order valence-electron chi connectivity index (χ2n) is 12.3. The van der Waals surface area contributed by atoms with E-state index in [0.29, 0.717) is 17.6 Å². The summed E-state index contributed by atoms with van der Waals surface area (Å²) >= 11 is 0. The quantitative estimate of drug-likeness (QED) is 0.378. The van der Waals surface area contributed by atoms with Gasteiger partial charge in [0.15, 0.2) is 5.65 Å². The lowest BCUT2D eigenvalue weighted by molar-refractivity contribution is 0.0975. The van der Waals surface area contributed by atoms with Crippen LogP contribution in [0, 0.1) is 0 Å². The highest BCUT2D eigenvalue weighted by atomic mass is 32.2. The number of carbonyl (C=O) groups is 1. The van der Waals surface area contributed by atoms with Gasteiger partial charge >= 0.3 is 10.2 Å². The molecule has 11 nitrogen and oxygen atoms in total. The predicted octanol–water partition coefficient (Wildman–Crippen LogP) is 4.46. The third kappa shape index (κ3) is 6.81. The Bertz CT molecular complexity index is 1540. The maximum absolute atomic E-state index is 13.3. The van der Waals surface area contributed by atoms with Gasteiger partial charge in [0.2, 0.25) is 5.88 Å². The Hall–Kier alpha value is -3.22. The summed E-state index contributed by atoms with van der Waals surface area (Å²) in [5.74, 6) is -0.320. The zero-order chi connectivity index (χ0) is 30.9. The van der Waals surface area contributed by atoms with Gasteiger partial charge in [0.1, 0.15) is 5.69 Å². The van der Waals surface area contributed by atoms with E-state index >= 15 is 0 Å². The van der Waals surface area contributed by atoms with E-state index in [1.165, 1.54) is 20.5 Å². The van der Waals surface area contributed by atoms with E-state index in [-0.39, 0.29) is 17.8 Å². The number of piperazine rings is 1. The van der Waals surface area contributed by atoms with Gasteiger partial charge in [-0.3, -0.25) is 9.69 Å². The number of nitrogens with one attached hydrogen (secondary N) is 1. The fourth-order valence-corrected chi connectivity index (χ4v) is 6.46. The van der Waals surface area contributed by atoms with Crippen LogP contribution in [0.25, 0.3) is 22.2 Å². The molecule has 3 aromatic rings. The monoisotopic (exact) mass is 611 g/mol. The van der Waals surface area contributed by atoms with Crippen molar-refractivity contribution in [1.82, 2.24) is 28.7 Å². The molecule has 0 unspecified atom stereocenters. The van der Waals surface area contributed by atoms with Gasteiger partial charge in [-0.15, -0.1) is 5.10 Å². The number of anilines is 1. The number of fused-ring (bicyclic) bond motifs is 1. The van der Waals surface area contributed by atoms with Gasteiger partial charge < -0.3 is 9.64 Å². The predicted molar refractivity (Wildman–Crippen MR) is 170 cm³/mol. The van der Waals surface area contributed by atoms with Crippen LogP contribution in [0.15, 0.2) is 30.3 Å². The molecule has 234 valence electrons. The van der Waals surface area contributed by atoms with Crippen molar-refractivity contribution in [3.05, 3.63) is 36.0 Å². The first-order valence-corrected chi connectivity index (χ1v) is 16.8. The number of hydrogen-bond donors (Lipinski definition) is 1. The normalized spacial score (nSPS) is 17.4. The number of pyridine rings is 1. The molecule has 0 spiro atoms. The van der Waals surface area contributed by atoms with Crippen molar-refractivity contribution < 1.29 is 17.9 Å². The van der Waals surface area contributed by atoms with Crippen LogP contribution in [0.2, 0.25) is 0 Å². The van der Waals surface area contributed by atoms with Crippen LogP contribution in [0.5, 0.6) is 5.88 Å². The minimum Gasteiger partial charge on any atom is -0.473 e. The van der Waals surface area contributed by atoms with Crippen LogP contribution in [0.3, 0.4) is 0 Å². The number of ether oxygens (including phenoxy) is 1. The Labute approximate surface area is 255 Å². The standard InChI is InChI=1S/C31H45N7O4S/c1-21(2)36-16-18-37(19-17-36)24-14-12-23(13-15-24)26-20-27(30(39)34-43(40,41)35(5)6)32-29-28(26)31(42-22(3)4)33-38(29)25-10-8-7-9-11-25/h12-15,20-22,25H,7-11,16-19H2,1-6H3,(H,34,39). The Morgan fingerprint density at radius 2 is 1.65 bits per heavy atom. The number of benzene rings is 1. The van der Waals surface area contributed by atoms with E-state index in [1.54, 1.807) is 6.07 Å². The molecule has 1 saturated carbocycles. The van der Waals surface area contributed by atoms with Crippen molar-refractivity contribution in [2.24, 2.45) is 0 Å². The van der Waals surface area contributed by atoms with Gasteiger partial charge in [-0.1, -0.05) is 31.4 Å². The van der Waals surface area contributed by atoms with Gasteiger partial charge in [-0.05, 0) is 64.3 Å². The lowest BCUT2D eigenvalue weighted by Gasteiger charge is -2.38. The van der Waals surface area contributed by atoms with Crippen molar-refractivity contribution in [2.75, 3.05) is 45.2 Å². The van der Waals surface area contributed by atoms with Crippen LogP contribution in [0.4, 0.5) is 5.69 Å². The summed E-state index contributed by atoms with van der Waals surface area (Å²) in [5, 5.41) is 5.64. The van der Waals surface area contributed by atoms with Crippen molar-refractivity contribution in [1.29, 1.82) is 0 Å². The molecule has 1 aliphatic heterocycles. The third-order valence-electron chi connectivity index (χ3n) is 8.42. The maximum atomic E-state index is 13.3. The van der Waals surface area contributed by atoms with E-state index < -0.39 is 16.1 Å². The number of aromatic nitrogens is 3. The molecule has 1 saturated heterocycles. The minimum atomic E-state index is -4.01. The summed E-state index contributed by atoms with van der Waals surface area (Å²) in [4.78, 5) is 23.0. The lowest BCUT2D eigenvalue weighted by atomic mass is 9.95. The summed E-state index contributed by atoms with van der Waals surface area (Å²) in [6.45, 7) is 12.4. The topological polar surface area (TPSA) is 113 Å². The summed E-state index contributed by atoms with van der Waals surface area (Å²) < 4.78 is 36.3. The van der Waals surface area contributed by atoms with E-state index in [0.717, 1.165) is 78.4 Å². The summed E-state index contributed by atoms with van der Waals surface area (Å²) in [6, 6.07) is 10.6. The number of nitrogens with zero attached hydrogens (tertiary/aromatic N) is 6. The van der Waals surface area contributed by atoms with Crippen LogP contribution in [0.1, 0.15) is 76.3 Å². The second-order valence-corrected chi connectivity index (χ2v) is 14.2. The first kappa shape index (κ1) is 31.2. The number of rotatable bonds is 9. The average molecular weight is 612 g/mol. The van der Waals surface area contributed by atoms with Crippen LogP contribution in [-0.2, 0) is 10.2 Å². The zero-order valence-corrected chi connectivity index (χ0v) is 27.0. The van der Waals surface area contributed by atoms with Crippen molar-refractivity contribution >= 4 is 32.8 Å². The zero-order valence-electron chi connectivity index (χ0n) is 26.2. The molecule has 12 heteroatoms. The Balaban J connectivity index is 1.60.